The SMILES string of the molecule is CC(C)(C)N(C[C@H]1CC[C@@H](O)C1)C(=O)O. The molecule has 1 fully saturated rings. The number of carboxylic acid groups (broad SMARTS) is 1. The Hall–Kier alpha value is -0.770. The summed E-state index contributed by atoms with van der Waals surface area (Å²) >= 11 is 0. The average Bonchev–Trinajstić information content (AvgIpc) is 2.44. The van der Waals surface area contributed by atoms with Crippen LogP contribution in [0.15, 0.2) is 0 Å². The standard InChI is InChI=1S/C11H21NO3/c1-11(2,3)12(10(14)15)7-8-4-5-9(13)6-8/h8-9,13H,4-7H2,1-3H3,(H,14,15)/t8-,9+/m0/s1. The third-order valence-electron chi connectivity index (χ3n) is 2.99. The Morgan fingerprint density at radius 3 is 2.33 bits per heavy atom. The van der Waals surface area contributed by atoms with Gasteiger partial charge in [0.1, 0.15) is 0 Å². The molecule has 4 heteroatoms. The monoisotopic (exact) mass is 215 g/mol. The zero-order chi connectivity index (χ0) is 11.6. The molecular formula is C11H21NO3. The van der Waals surface area contributed by atoms with E-state index in [1.54, 1.807) is 0 Å². The molecule has 0 aliphatic heterocycles. The molecule has 1 saturated carbocycles. The normalized spacial score (nSPS) is 26.7. The van der Waals surface area contributed by atoms with Gasteiger partial charge in [-0.05, 0) is 46.0 Å². The molecule has 1 aliphatic carbocycles. The van der Waals surface area contributed by atoms with Crippen LogP contribution in [0.25, 0.3) is 0 Å². The molecule has 0 heterocycles. The fraction of sp³-hybridized carbons (Fsp3) is 0.909. The van der Waals surface area contributed by atoms with Crippen LogP contribution in [0.2, 0.25) is 0 Å². The van der Waals surface area contributed by atoms with Gasteiger partial charge < -0.3 is 15.1 Å². The van der Waals surface area contributed by atoms with Gasteiger partial charge in [0.05, 0.1) is 6.10 Å². The molecule has 1 amide bonds. The van der Waals surface area contributed by atoms with Crippen LogP contribution in [0.1, 0.15) is 40.0 Å². The molecule has 4 nitrogen and oxygen atoms in total. The molecule has 0 bridgehead atoms. The van der Waals surface area contributed by atoms with Crippen LogP contribution in [-0.4, -0.2) is 39.4 Å². The average molecular weight is 215 g/mol. The Kier molecular flexibility index (Phi) is 3.60. The summed E-state index contributed by atoms with van der Waals surface area (Å²) in [4.78, 5) is 12.5. The minimum Gasteiger partial charge on any atom is -0.465 e. The fourth-order valence-electron chi connectivity index (χ4n) is 2.11. The van der Waals surface area contributed by atoms with Gasteiger partial charge in [0.15, 0.2) is 0 Å². The number of nitrogens with zero attached hydrogens (tertiary/aromatic N) is 1. The van der Waals surface area contributed by atoms with E-state index in [9.17, 15) is 9.90 Å². The number of hydrogen-bond acceptors (Lipinski definition) is 2. The summed E-state index contributed by atoms with van der Waals surface area (Å²) in [7, 11) is 0. The Balaban J connectivity index is 2.56. The minimum absolute atomic E-state index is 0.231. The van der Waals surface area contributed by atoms with Crippen LogP contribution in [0, 0.1) is 5.92 Å². The molecule has 1 rings (SSSR count). The first-order chi connectivity index (χ1) is 6.80. The van der Waals surface area contributed by atoms with E-state index in [0.717, 1.165) is 19.3 Å². The molecule has 0 aromatic rings. The highest BCUT2D eigenvalue weighted by molar-refractivity contribution is 5.66. The van der Waals surface area contributed by atoms with Crippen LogP contribution >= 0.6 is 0 Å². The molecule has 2 N–H and O–H groups in total. The molecule has 2 atom stereocenters. The number of aliphatic hydroxyl groups excluding tert-OH is 1. The van der Waals surface area contributed by atoms with Crippen LogP contribution in [0.4, 0.5) is 4.79 Å². The minimum atomic E-state index is -0.871. The quantitative estimate of drug-likeness (QED) is 0.740. The lowest BCUT2D eigenvalue weighted by molar-refractivity contribution is 0.0864. The van der Waals surface area contributed by atoms with E-state index in [1.807, 2.05) is 20.8 Å². The van der Waals surface area contributed by atoms with Gasteiger partial charge in [0.2, 0.25) is 0 Å². The largest absolute Gasteiger partial charge is 0.465 e. The van der Waals surface area contributed by atoms with Crippen molar-refractivity contribution in [2.24, 2.45) is 5.92 Å². The maximum atomic E-state index is 11.1. The van der Waals surface area contributed by atoms with Crippen molar-refractivity contribution in [1.29, 1.82) is 0 Å². The second kappa shape index (κ2) is 4.39. The predicted molar refractivity (Wildman–Crippen MR) is 57.8 cm³/mol. The van der Waals surface area contributed by atoms with E-state index in [1.165, 1.54) is 4.90 Å². The van der Waals surface area contributed by atoms with E-state index < -0.39 is 6.09 Å². The molecule has 0 saturated heterocycles. The van der Waals surface area contributed by atoms with Crippen molar-refractivity contribution in [1.82, 2.24) is 4.90 Å². The van der Waals surface area contributed by atoms with Crippen LogP contribution in [0.5, 0.6) is 0 Å². The molecule has 0 spiro atoms. The van der Waals surface area contributed by atoms with E-state index in [-0.39, 0.29) is 11.6 Å². The van der Waals surface area contributed by atoms with Crippen molar-refractivity contribution in [3.05, 3.63) is 0 Å². The molecule has 0 unspecified atom stereocenters. The first-order valence-corrected chi connectivity index (χ1v) is 5.49. The Labute approximate surface area is 90.9 Å². The molecule has 0 aromatic heterocycles. The third kappa shape index (κ3) is 3.38. The highest BCUT2D eigenvalue weighted by atomic mass is 16.4. The summed E-state index contributed by atoms with van der Waals surface area (Å²) in [6, 6.07) is 0. The van der Waals surface area contributed by atoms with E-state index in [2.05, 4.69) is 0 Å². The summed E-state index contributed by atoms with van der Waals surface area (Å²) in [6.07, 6.45) is 1.37. The second-order valence-electron chi connectivity index (χ2n) is 5.40. The van der Waals surface area contributed by atoms with Gasteiger partial charge in [0, 0.05) is 12.1 Å². The molecule has 88 valence electrons. The van der Waals surface area contributed by atoms with Crippen molar-refractivity contribution < 1.29 is 15.0 Å². The van der Waals surface area contributed by atoms with Crippen LogP contribution in [-0.2, 0) is 0 Å². The Morgan fingerprint density at radius 1 is 1.40 bits per heavy atom. The Morgan fingerprint density at radius 2 is 2.00 bits per heavy atom. The number of carbonyl (C=O) groups is 1. The van der Waals surface area contributed by atoms with Crippen molar-refractivity contribution in [2.75, 3.05) is 6.54 Å². The maximum Gasteiger partial charge on any atom is 0.407 e. The van der Waals surface area contributed by atoms with Crippen molar-refractivity contribution in [2.45, 2.75) is 51.7 Å². The van der Waals surface area contributed by atoms with Crippen LogP contribution in [0.3, 0.4) is 0 Å². The lowest BCUT2D eigenvalue weighted by atomic mass is 10.0. The zero-order valence-corrected chi connectivity index (χ0v) is 9.73. The summed E-state index contributed by atoms with van der Waals surface area (Å²) in [5.41, 5.74) is -0.362. The summed E-state index contributed by atoms with van der Waals surface area (Å²) < 4.78 is 0. The highest BCUT2D eigenvalue weighted by Crippen LogP contribution is 2.28. The van der Waals surface area contributed by atoms with Gasteiger partial charge in [-0.25, -0.2) is 4.79 Å². The van der Waals surface area contributed by atoms with Gasteiger partial charge in [-0.2, -0.15) is 0 Å². The molecule has 15 heavy (non-hydrogen) atoms. The van der Waals surface area contributed by atoms with Crippen molar-refractivity contribution in [3.8, 4) is 0 Å². The van der Waals surface area contributed by atoms with E-state index >= 15 is 0 Å². The number of hydrogen-bond donors (Lipinski definition) is 2. The molecule has 0 radical (unpaired) electrons. The van der Waals surface area contributed by atoms with Gasteiger partial charge >= 0.3 is 6.09 Å². The van der Waals surface area contributed by atoms with Gasteiger partial charge in [-0.1, -0.05) is 0 Å². The number of rotatable bonds is 2. The molecule has 0 aromatic carbocycles. The van der Waals surface area contributed by atoms with Gasteiger partial charge in [-0.15, -0.1) is 0 Å². The predicted octanol–water partition coefficient (Wildman–Crippen LogP) is 1.93. The lowest BCUT2D eigenvalue weighted by Crippen LogP contribution is -2.47. The highest BCUT2D eigenvalue weighted by Gasteiger charge is 2.31. The third-order valence-corrected chi connectivity index (χ3v) is 2.99. The fourth-order valence-corrected chi connectivity index (χ4v) is 2.11. The molecular weight excluding hydrogens is 194 g/mol. The van der Waals surface area contributed by atoms with E-state index in [0.29, 0.717) is 12.5 Å². The second-order valence-corrected chi connectivity index (χ2v) is 5.40. The topological polar surface area (TPSA) is 60.8 Å². The first-order valence-electron chi connectivity index (χ1n) is 5.49. The number of amides is 1. The maximum absolute atomic E-state index is 11.1. The van der Waals surface area contributed by atoms with E-state index in [4.69, 9.17) is 5.11 Å². The van der Waals surface area contributed by atoms with Crippen LogP contribution < -0.4 is 0 Å². The summed E-state index contributed by atoms with van der Waals surface area (Å²) in [5.74, 6) is 0.315. The van der Waals surface area contributed by atoms with Crippen molar-refractivity contribution in [3.63, 3.8) is 0 Å². The molecule has 1 aliphatic rings. The van der Waals surface area contributed by atoms with Crippen molar-refractivity contribution >= 4 is 6.09 Å². The summed E-state index contributed by atoms with van der Waals surface area (Å²) in [6.45, 7) is 6.22. The Bertz CT molecular complexity index is 234. The lowest BCUT2D eigenvalue weighted by Gasteiger charge is -2.35. The van der Waals surface area contributed by atoms with Gasteiger partial charge in [-0.3, -0.25) is 0 Å². The summed E-state index contributed by atoms with van der Waals surface area (Å²) in [5, 5.41) is 18.5. The zero-order valence-electron chi connectivity index (χ0n) is 9.73. The first kappa shape index (κ1) is 12.3. The van der Waals surface area contributed by atoms with Gasteiger partial charge in [0.25, 0.3) is 0 Å². The smallest absolute Gasteiger partial charge is 0.407 e. The number of aliphatic hydroxyl groups is 1.